The van der Waals surface area contributed by atoms with E-state index in [1.54, 1.807) is 44.2 Å². The summed E-state index contributed by atoms with van der Waals surface area (Å²) in [4.78, 5) is 26.9. The van der Waals surface area contributed by atoms with Crippen LogP contribution in [-0.2, 0) is 32.6 Å². The van der Waals surface area contributed by atoms with Crippen LogP contribution >= 0.6 is 11.6 Å². The zero-order valence-corrected chi connectivity index (χ0v) is 20.0. The molecule has 3 rings (SSSR count). The number of rotatable bonds is 8. The van der Waals surface area contributed by atoms with Crippen LogP contribution in [0.5, 0.6) is 0 Å². The summed E-state index contributed by atoms with van der Waals surface area (Å²) in [7, 11) is -3.66. The number of amides is 2. The lowest BCUT2D eigenvalue weighted by Crippen LogP contribution is -2.45. The third-order valence-corrected chi connectivity index (χ3v) is 6.23. The number of nitrogens with zero attached hydrogens (tertiary/aromatic N) is 3. The number of halogens is 2. The van der Waals surface area contributed by atoms with Gasteiger partial charge in [-0.1, -0.05) is 41.9 Å². The number of carbonyl (C=O) groups excluding carboxylic acids is 2. The Balaban J connectivity index is 1.74. The van der Waals surface area contributed by atoms with Crippen LogP contribution in [0.3, 0.4) is 0 Å². The minimum atomic E-state index is -3.66. The quantitative estimate of drug-likeness (QED) is 0.519. The van der Waals surface area contributed by atoms with Crippen molar-refractivity contribution in [3.8, 4) is 0 Å². The first-order valence-corrected chi connectivity index (χ1v) is 12.4. The smallest absolute Gasteiger partial charge is 0.251 e. The van der Waals surface area contributed by atoms with Crippen molar-refractivity contribution in [1.29, 1.82) is 0 Å². The number of hydrogen-bond donors (Lipinski definition) is 1. The zero-order chi connectivity index (χ0) is 24.3. The molecular formula is C22H24ClFN4O4S. The van der Waals surface area contributed by atoms with Gasteiger partial charge in [-0.3, -0.25) is 9.59 Å². The van der Waals surface area contributed by atoms with Crippen molar-refractivity contribution in [3.05, 3.63) is 64.6 Å². The number of benzene rings is 2. The molecular weight excluding hydrogens is 471 g/mol. The molecule has 0 unspecified atom stereocenters. The first-order valence-electron chi connectivity index (χ1n) is 10.1. The zero-order valence-electron chi connectivity index (χ0n) is 18.4. The van der Waals surface area contributed by atoms with Crippen molar-refractivity contribution >= 4 is 44.3 Å². The molecule has 2 aromatic carbocycles. The predicted molar refractivity (Wildman–Crippen MR) is 124 cm³/mol. The topological polar surface area (TPSA) is 101 Å². The van der Waals surface area contributed by atoms with E-state index in [1.807, 2.05) is 0 Å². The molecule has 0 bridgehead atoms. The summed E-state index contributed by atoms with van der Waals surface area (Å²) in [6.07, 6.45) is 0.850. The molecule has 11 heteroatoms. The molecule has 3 aromatic rings. The monoisotopic (exact) mass is 494 g/mol. The van der Waals surface area contributed by atoms with E-state index in [2.05, 4.69) is 10.4 Å². The molecule has 1 N–H and O–H groups in total. The molecule has 8 nitrogen and oxygen atoms in total. The summed E-state index contributed by atoms with van der Waals surface area (Å²) in [6, 6.07) is 10.9. The average molecular weight is 495 g/mol. The van der Waals surface area contributed by atoms with Crippen LogP contribution in [-0.4, -0.2) is 53.2 Å². The molecule has 0 spiro atoms. The number of fused-ring (bicyclic) bond motifs is 1. The first-order chi connectivity index (χ1) is 15.5. The summed E-state index contributed by atoms with van der Waals surface area (Å²) in [5.74, 6) is -1.47. The number of para-hydroxylation sites is 1. The Kier molecular flexibility index (Phi) is 7.38. The number of carbonyl (C=O) groups is 2. The van der Waals surface area contributed by atoms with E-state index in [0.29, 0.717) is 16.6 Å². The van der Waals surface area contributed by atoms with Crippen molar-refractivity contribution < 1.29 is 22.4 Å². The molecule has 33 heavy (non-hydrogen) atoms. The van der Waals surface area contributed by atoms with Crippen molar-refractivity contribution in [2.45, 2.75) is 32.9 Å². The largest absolute Gasteiger partial charge is 0.350 e. The van der Waals surface area contributed by atoms with Crippen LogP contribution < -0.4 is 5.32 Å². The van der Waals surface area contributed by atoms with Crippen molar-refractivity contribution in [1.82, 2.24) is 19.4 Å². The molecule has 0 radical (unpaired) electrons. The molecule has 0 saturated heterocycles. The Labute approximate surface area is 196 Å². The maximum Gasteiger partial charge on any atom is 0.251 e. The minimum Gasteiger partial charge on any atom is -0.350 e. The molecule has 2 amide bonds. The molecule has 0 aliphatic rings. The third kappa shape index (κ3) is 5.69. The van der Waals surface area contributed by atoms with Crippen LogP contribution in [0.2, 0.25) is 5.02 Å². The maximum absolute atomic E-state index is 14.0. The molecule has 176 valence electrons. The Bertz CT molecular complexity index is 1310. The third-order valence-electron chi connectivity index (χ3n) is 5.03. The van der Waals surface area contributed by atoms with Crippen LogP contribution in [0.4, 0.5) is 4.39 Å². The number of nitrogens with one attached hydrogen (secondary N) is 1. The molecule has 1 heterocycles. The second kappa shape index (κ2) is 9.88. The van der Waals surface area contributed by atoms with Gasteiger partial charge in [0.05, 0.1) is 35.5 Å². The highest BCUT2D eigenvalue weighted by molar-refractivity contribution is 7.89. The van der Waals surface area contributed by atoms with Gasteiger partial charge in [0, 0.05) is 23.5 Å². The summed E-state index contributed by atoms with van der Waals surface area (Å²) < 4.78 is 39.1. The van der Waals surface area contributed by atoms with E-state index in [1.165, 1.54) is 17.0 Å². The highest BCUT2D eigenvalue weighted by Crippen LogP contribution is 2.21. The molecule has 0 atom stereocenters. The number of hydrogen-bond acceptors (Lipinski definition) is 5. The SMILES string of the molecule is CC(C)N(CC(=O)NCc1cccc(Cl)c1F)C(=O)Cc1nn(S(C)(=O)=O)c2ccccc12. The standard InChI is InChI=1S/C22H24ClFN4O4S/c1-14(2)27(13-20(29)25-12-15-7-6-9-17(23)22(15)24)21(30)11-18-16-8-4-5-10-19(16)28(26-18)33(3,31)32/h4-10,14H,11-13H2,1-3H3,(H,25,29). The fourth-order valence-electron chi connectivity index (χ4n) is 3.38. The van der Waals surface area contributed by atoms with Crippen LogP contribution in [0.1, 0.15) is 25.1 Å². The second-order valence-corrected chi connectivity index (χ2v) is 10.1. The van der Waals surface area contributed by atoms with E-state index in [-0.39, 0.29) is 36.1 Å². The van der Waals surface area contributed by atoms with E-state index >= 15 is 0 Å². The Hall–Kier alpha value is -2.98. The highest BCUT2D eigenvalue weighted by atomic mass is 35.5. The van der Waals surface area contributed by atoms with Crippen molar-refractivity contribution in [2.24, 2.45) is 0 Å². The lowest BCUT2D eigenvalue weighted by molar-refractivity contribution is -0.137. The van der Waals surface area contributed by atoms with E-state index in [9.17, 15) is 22.4 Å². The minimum absolute atomic E-state index is 0.0403. The Morgan fingerprint density at radius 3 is 2.55 bits per heavy atom. The van der Waals surface area contributed by atoms with Gasteiger partial charge in [0.25, 0.3) is 10.0 Å². The van der Waals surface area contributed by atoms with Gasteiger partial charge in [0.15, 0.2) is 0 Å². The summed E-state index contributed by atoms with van der Waals surface area (Å²) in [5, 5.41) is 7.24. The van der Waals surface area contributed by atoms with Gasteiger partial charge in [-0.15, -0.1) is 0 Å². The lowest BCUT2D eigenvalue weighted by Gasteiger charge is -2.26. The van der Waals surface area contributed by atoms with Gasteiger partial charge in [-0.25, -0.2) is 12.8 Å². The average Bonchev–Trinajstić information content (AvgIpc) is 3.12. The van der Waals surface area contributed by atoms with E-state index in [4.69, 9.17) is 11.6 Å². The Morgan fingerprint density at radius 2 is 1.88 bits per heavy atom. The Morgan fingerprint density at radius 1 is 1.18 bits per heavy atom. The van der Waals surface area contributed by atoms with Gasteiger partial charge in [0.2, 0.25) is 11.8 Å². The van der Waals surface area contributed by atoms with Crippen molar-refractivity contribution in [2.75, 3.05) is 12.8 Å². The molecule has 0 saturated carbocycles. The molecule has 0 aliphatic heterocycles. The maximum atomic E-state index is 14.0. The highest BCUT2D eigenvalue weighted by Gasteiger charge is 2.24. The van der Waals surface area contributed by atoms with Gasteiger partial charge >= 0.3 is 0 Å². The van der Waals surface area contributed by atoms with Gasteiger partial charge < -0.3 is 10.2 Å². The second-order valence-electron chi connectivity index (χ2n) is 7.85. The van der Waals surface area contributed by atoms with Gasteiger partial charge in [-0.05, 0) is 26.0 Å². The van der Waals surface area contributed by atoms with E-state index < -0.39 is 27.7 Å². The predicted octanol–water partition coefficient (Wildman–Crippen LogP) is 2.73. The normalized spacial score (nSPS) is 11.7. The first kappa shape index (κ1) is 24.7. The van der Waals surface area contributed by atoms with Crippen LogP contribution in [0.15, 0.2) is 42.5 Å². The van der Waals surface area contributed by atoms with Gasteiger partial charge in [0.1, 0.15) is 5.82 Å². The molecule has 1 aromatic heterocycles. The summed E-state index contributed by atoms with van der Waals surface area (Å²) in [6.45, 7) is 3.20. The van der Waals surface area contributed by atoms with Crippen molar-refractivity contribution in [3.63, 3.8) is 0 Å². The van der Waals surface area contributed by atoms with Gasteiger partial charge in [-0.2, -0.15) is 9.19 Å². The summed E-state index contributed by atoms with van der Waals surface area (Å²) >= 11 is 5.76. The summed E-state index contributed by atoms with van der Waals surface area (Å²) in [5.41, 5.74) is 0.907. The fraction of sp³-hybridized carbons (Fsp3) is 0.318. The van der Waals surface area contributed by atoms with Crippen LogP contribution in [0.25, 0.3) is 10.9 Å². The molecule has 0 aliphatic carbocycles. The lowest BCUT2D eigenvalue weighted by atomic mass is 10.1. The molecule has 0 fully saturated rings. The number of aromatic nitrogens is 2. The fourth-order valence-corrected chi connectivity index (χ4v) is 4.34. The van der Waals surface area contributed by atoms with Crippen LogP contribution in [0, 0.1) is 5.82 Å². The van der Waals surface area contributed by atoms with E-state index in [0.717, 1.165) is 10.3 Å².